The molecule has 0 spiro atoms. The monoisotopic (exact) mass is 422 g/mol. The average molecular weight is 423 g/mol. The van der Waals surface area contributed by atoms with E-state index in [0.29, 0.717) is 43.7 Å². The Hall–Kier alpha value is -1.44. The van der Waals surface area contributed by atoms with Crippen molar-refractivity contribution in [3.05, 3.63) is 29.3 Å². The number of rotatable bonds is 4. The Balaban J connectivity index is 1.93. The van der Waals surface area contributed by atoms with Gasteiger partial charge >= 0.3 is 0 Å². The summed E-state index contributed by atoms with van der Waals surface area (Å²) in [6.07, 6.45) is 3.10. The molecule has 0 radical (unpaired) electrons. The van der Waals surface area contributed by atoms with Crippen molar-refractivity contribution in [2.75, 3.05) is 32.8 Å². The van der Waals surface area contributed by atoms with Gasteiger partial charge in [-0.15, -0.1) is 0 Å². The molecule has 0 aliphatic carbocycles. The number of ether oxygens (including phenoxy) is 1. The first kappa shape index (κ1) is 22.2. The van der Waals surface area contributed by atoms with Crippen molar-refractivity contribution in [2.24, 2.45) is 11.8 Å². The number of aryl methyl sites for hydroxylation is 1. The molecule has 6 nitrogen and oxygen atoms in total. The van der Waals surface area contributed by atoms with Gasteiger partial charge in [0.05, 0.1) is 18.1 Å². The van der Waals surface area contributed by atoms with Crippen LogP contribution in [-0.2, 0) is 14.8 Å². The van der Waals surface area contributed by atoms with Gasteiger partial charge in [0.25, 0.3) is 5.91 Å². The average Bonchev–Trinajstić information content (AvgIpc) is 2.90. The number of hydrogen-bond acceptors (Lipinski definition) is 4. The molecule has 2 atom stereocenters. The summed E-state index contributed by atoms with van der Waals surface area (Å²) < 4.78 is 32.9. The second-order valence-corrected chi connectivity index (χ2v) is 10.7. The van der Waals surface area contributed by atoms with E-state index in [2.05, 4.69) is 20.8 Å². The number of morpholine rings is 1. The van der Waals surface area contributed by atoms with Crippen molar-refractivity contribution in [1.82, 2.24) is 9.21 Å². The fourth-order valence-electron chi connectivity index (χ4n) is 4.31. The summed E-state index contributed by atoms with van der Waals surface area (Å²) in [5.74, 6) is 0.919. The van der Waals surface area contributed by atoms with Crippen LogP contribution >= 0.6 is 0 Å². The van der Waals surface area contributed by atoms with Crippen molar-refractivity contribution in [1.29, 1.82) is 0 Å². The first-order valence-electron chi connectivity index (χ1n) is 10.7. The second kappa shape index (κ2) is 9.14. The van der Waals surface area contributed by atoms with Gasteiger partial charge in [-0.2, -0.15) is 4.31 Å². The largest absolute Gasteiger partial charge is 0.379 e. The molecule has 0 N–H and O–H groups in total. The van der Waals surface area contributed by atoms with Crippen molar-refractivity contribution in [2.45, 2.75) is 57.9 Å². The number of carbonyl (C=O) groups excluding carboxylic acids is 1. The lowest BCUT2D eigenvalue weighted by Gasteiger charge is -2.33. The number of hydrogen-bond donors (Lipinski definition) is 0. The van der Waals surface area contributed by atoms with Gasteiger partial charge in [0.1, 0.15) is 0 Å². The number of nitrogens with zero attached hydrogens (tertiary/aromatic N) is 2. The van der Waals surface area contributed by atoms with Gasteiger partial charge < -0.3 is 9.64 Å². The molecular weight excluding hydrogens is 388 g/mol. The lowest BCUT2D eigenvalue weighted by Crippen LogP contribution is -2.43. The third-order valence-electron chi connectivity index (χ3n) is 6.30. The molecule has 2 aliphatic heterocycles. The van der Waals surface area contributed by atoms with E-state index in [9.17, 15) is 13.2 Å². The number of sulfonamides is 1. The maximum Gasteiger partial charge on any atom is 0.254 e. The van der Waals surface area contributed by atoms with Crippen LogP contribution in [-0.4, -0.2) is 62.4 Å². The second-order valence-electron chi connectivity index (χ2n) is 8.77. The highest BCUT2D eigenvalue weighted by molar-refractivity contribution is 7.89. The number of amides is 1. The summed E-state index contributed by atoms with van der Waals surface area (Å²) in [7, 11) is -3.63. The van der Waals surface area contributed by atoms with Crippen LogP contribution in [0.15, 0.2) is 23.1 Å². The van der Waals surface area contributed by atoms with Crippen LogP contribution in [0.4, 0.5) is 0 Å². The highest BCUT2D eigenvalue weighted by atomic mass is 32.2. The predicted octanol–water partition coefficient (Wildman–Crippen LogP) is 3.30. The van der Waals surface area contributed by atoms with E-state index in [-0.39, 0.29) is 16.8 Å². The van der Waals surface area contributed by atoms with E-state index in [1.165, 1.54) is 4.31 Å². The zero-order valence-electron chi connectivity index (χ0n) is 18.1. The Morgan fingerprint density at radius 1 is 1.10 bits per heavy atom. The quantitative estimate of drug-likeness (QED) is 0.747. The fraction of sp³-hybridized carbons (Fsp3) is 0.682. The first-order chi connectivity index (χ1) is 13.7. The summed E-state index contributed by atoms with van der Waals surface area (Å²) >= 11 is 0. The minimum absolute atomic E-state index is 0.0469. The molecule has 2 saturated heterocycles. The normalized spacial score (nSPS) is 24.5. The van der Waals surface area contributed by atoms with Crippen LogP contribution in [0.1, 0.15) is 56.0 Å². The molecular formula is C22H34N2O4S. The molecule has 0 saturated carbocycles. The van der Waals surface area contributed by atoms with Crippen LogP contribution in [0.25, 0.3) is 0 Å². The maximum absolute atomic E-state index is 13.5. The van der Waals surface area contributed by atoms with E-state index in [0.717, 1.165) is 31.4 Å². The molecule has 2 fully saturated rings. The molecule has 1 aromatic carbocycles. The summed E-state index contributed by atoms with van der Waals surface area (Å²) in [5.41, 5.74) is 1.32. The molecule has 1 aromatic rings. The van der Waals surface area contributed by atoms with E-state index in [1.807, 2.05) is 11.8 Å². The highest BCUT2D eigenvalue weighted by Crippen LogP contribution is 2.29. The van der Waals surface area contributed by atoms with Crippen molar-refractivity contribution in [3.63, 3.8) is 0 Å². The Kier molecular flexibility index (Phi) is 7.02. The summed E-state index contributed by atoms with van der Waals surface area (Å²) in [5, 5.41) is 0. The molecule has 2 unspecified atom stereocenters. The number of likely N-dealkylation sites (tertiary alicyclic amines) is 1. The molecule has 0 bridgehead atoms. The zero-order valence-corrected chi connectivity index (χ0v) is 18.9. The summed E-state index contributed by atoms with van der Waals surface area (Å²) in [4.78, 5) is 15.7. The van der Waals surface area contributed by atoms with E-state index in [4.69, 9.17) is 4.74 Å². The maximum atomic E-state index is 13.5. The van der Waals surface area contributed by atoms with Gasteiger partial charge in [0, 0.05) is 31.2 Å². The fourth-order valence-corrected chi connectivity index (χ4v) is 5.74. The molecule has 29 heavy (non-hydrogen) atoms. The molecule has 2 heterocycles. The van der Waals surface area contributed by atoms with Crippen LogP contribution in [0.3, 0.4) is 0 Å². The topological polar surface area (TPSA) is 66.9 Å². The molecule has 3 rings (SSSR count). The van der Waals surface area contributed by atoms with Gasteiger partial charge in [-0.1, -0.05) is 26.8 Å². The smallest absolute Gasteiger partial charge is 0.254 e. The van der Waals surface area contributed by atoms with Gasteiger partial charge in [-0.3, -0.25) is 4.79 Å². The van der Waals surface area contributed by atoms with Crippen LogP contribution in [0.5, 0.6) is 0 Å². The Bertz CT molecular complexity index is 831. The first-order valence-corrected chi connectivity index (χ1v) is 12.2. The Morgan fingerprint density at radius 2 is 1.79 bits per heavy atom. The van der Waals surface area contributed by atoms with Gasteiger partial charge in [-0.25, -0.2) is 8.42 Å². The standard InChI is InChI=1S/C22H34N2O4S/c1-16(2)21-8-5-17(3)9-10-24(21)22(25)20-15-19(7-6-18(20)4)29(26,27)23-11-13-28-14-12-23/h6-7,15-17,21H,5,8-14H2,1-4H3. The van der Waals surface area contributed by atoms with E-state index in [1.54, 1.807) is 18.2 Å². The third-order valence-corrected chi connectivity index (χ3v) is 8.19. The highest BCUT2D eigenvalue weighted by Gasteiger charge is 2.32. The molecule has 7 heteroatoms. The van der Waals surface area contributed by atoms with Gasteiger partial charge in [0.2, 0.25) is 10.0 Å². The minimum Gasteiger partial charge on any atom is -0.379 e. The predicted molar refractivity (Wildman–Crippen MR) is 113 cm³/mol. The molecule has 0 aromatic heterocycles. The minimum atomic E-state index is -3.63. The molecule has 1 amide bonds. The van der Waals surface area contributed by atoms with Gasteiger partial charge in [-0.05, 0) is 55.7 Å². The van der Waals surface area contributed by atoms with Crippen LogP contribution in [0.2, 0.25) is 0 Å². The van der Waals surface area contributed by atoms with Crippen molar-refractivity contribution in [3.8, 4) is 0 Å². The lowest BCUT2D eigenvalue weighted by atomic mass is 9.95. The van der Waals surface area contributed by atoms with E-state index < -0.39 is 10.0 Å². The van der Waals surface area contributed by atoms with Crippen LogP contribution < -0.4 is 0 Å². The van der Waals surface area contributed by atoms with E-state index >= 15 is 0 Å². The van der Waals surface area contributed by atoms with Gasteiger partial charge in [0.15, 0.2) is 0 Å². The number of carbonyl (C=O) groups is 1. The van der Waals surface area contributed by atoms with Crippen molar-refractivity contribution < 1.29 is 17.9 Å². The Morgan fingerprint density at radius 3 is 2.45 bits per heavy atom. The summed E-state index contributed by atoms with van der Waals surface area (Å²) in [6, 6.07) is 5.13. The van der Waals surface area contributed by atoms with Crippen LogP contribution in [0, 0.1) is 18.8 Å². The Labute approximate surface area is 175 Å². The summed E-state index contributed by atoms with van der Waals surface area (Å²) in [6.45, 7) is 10.7. The SMILES string of the molecule is Cc1ccc(S(=O)(=O)N2CCOCC2)cc1C(=O)N1CCC(C)CCC1C(C)C. The number of benzene rings is 1. The molecule has 162 valence electrons. The van der Waals surface area contributed by atoms with Crippen molar-refractivity contribution >= 4 is 15.9 Å². The zero-order chi connectivity index (χ0) is 21.2. The molecule has 2 aliphatic rings. The lowest BCUT2D eigenvalue weighted by molar-refractivity contribution is 0.0630. The third kappa shape index (κ3) is 4.84.